The first kappa shape index (κ1) is 10.9. The monoisotopic (exact) mass is 281 g/mol. The summed E-state index contributed by atoms with van der Waals surface area (Å²) < 4.78 is 0.940. The zero-order chi connectivity index (χ0) is 11.7. The number of aromatic nitrogens is 1. The van der Waals surface area contributed by atoms with Crippen molar-refractivity contribution in [3.8, 4) is 0 Å². The van der Waals surface area contributed by atoms with E-state index in [1.807, 2.05) is 18.2 Å². The molecular formula is C11H8BrNO3. The van der Waals surface area contributed by atoms with Crippen molar-refractivity contribution in [2.24, 2.45) is 0 Å². The van der Waals surface area contributed by atoms with Gasteiger partial charge in [0, 0.05) is 21.1 Å². The third kappa shape index (κ3) is 2.14. The Morgan fingerprint density at radius 3 is 2.75 bits per heavy atom. The molecule has 82 valence electrons. The number of carboxylic acid groups (broad SMARTS) is 1. The van der Waals surface area contributed by atoms with Gasteiger partial charge in [-0.25, -0.2) is 4.79 Å². The van der Waals surface area contributed by atoms with Crippen molar-refractivity contribution in [1.82, 2.24) is 4.98 Å². The lowest BCUT2D eigenvalue weighted by Gasteiger charge is -1.91. The first-order valence-electron chi connectivity index (χ1n) is 4.59. The number of nitrogens with one attached hydrogen (secondary N) is 1. The van der Waals surface area contributed by atoms with Crippen LogP contribution in [0, 0.1) is 0 Å². The maximum Gasteiger partial charge on any atom is 0.372 e. The number of fused-ring (bicyclic) bond motifs is 1. The molecule has 4 nitrogen and oxygen atoms in total. The van der Waals surface area contributed by atoms with Crippen molar-refractivity contribution in [3.05, 3.63) is 34.4 Å². The number of benzene rings is 1. The largest absolute Gasteiger partial charge is 0.475 e. The molecule has 0 unspecified atom stereocenters. The lowest BCUT2D eigenvalue weighted by molar-refractivity contribution is -0.148. The Kier molecular flexibility index (Phi) is 2.78. The summed E-state index contributed by atoms with van der Waals surface area (Å²) in [7, 11) is 0. The number of carbonyl (C=O) groups is 2. The third-order valence-electron chi connectivity index (χ3n) is 2.23. The van der Waals surface area contributed by atoms with Gasteiger partial charge < -0.3 is 10.1 Å². The maximum absolute atomic E-state index is 11.0. The lowest BCUT2D eigenvalue weighted by atomic mass is 10.2. The highest BCUT2D eigenvalue weighted by atomic mass is 79.9. The van der Waals surface area contributed by atoms with Gasteiger partial charge in [0.05, 0.1) is 6.42 Å². The van der Waals surface area contributed by atoms with Gasteiger partial charge in [-0.15, -0.1) is 0 Å². The lowest BCUT2D eigenvalue weighted by Crippen LogP contribution is -2.15. The van der Waals surface area contributed by atoms with E-state index in [4.69, 9.17) is 5.11 Å². The van der Waals surface area contributed by atoms with Gasteiger partial charge in [-0.3, -0.25) is 4.79 Å². The molecule has 2 rings (SSSR count). The molecule has 5 heteroatoms. The molecule has 2 aromatic rings. The van der Waals surface area contributed by atoms with Crippen LogP contribution < -0.4 is 0 Å². The number of rotatable bonds is 3. The number of H-pyrrole nitrogens is 1. The standard InChI is InChI=1S/C11H8BrNO3/c12-7-1-2-9-6(3-7)4-8(13-9)5-10(14)11(15)16/h1-4,13H,5H2,(H,15,16). The Bertz CT molecular complexity index is 574. The first-order valence-corrected chi connectivity index (χ1v) is 5.39. The number of halogens is 1. The van der Waals surface area contributed by atoms with Crippen LogP contribution in [0.5, 0.6) is 0 Å². The summed E-state index contributed by atoms with van der Waals surface area (Å²) in [4.78, 5) is 24.4. The summed E-state index contributed by atoms with van der Waals surface area (Å²) in [6.07, 6.45) is -0.109. The molecule has 1 aromatic carbocycles. The van der Waals surface area contributed by atoms with Crippen LogP contribution in [0.4, 0.5) is 0 Å². The number of carbonyl (C=O) groups excluding carboxylic acids is 1. The van der Waals surface area contributed by atoms with Gasteiger partial charge in [0.15, 0.2) is 0 Å². The average molecular weight is 282 g/mol. The van der Waals surface area contributed by atoms with Crippen molar-refractivity contribution in [1.29, 1.82) is 0 Å². The minimum absolute atomic E-state index is 0.109. The number of Topliss-reactive ketones (excluding diaryl/α,β-unsaturated/α-hetero) is 1. The summed E-state index contributed by atoms with van der Waals surface area (Å²) >= 11 is 3.34. The number of carboxylic acids is 1. The van der Waals surface area contributed by atoms with E-state index in [1.54, 1.807) is 6.07 Å². The van der Waals surface area contributed by atoms with E-state index in [1.165, 1.54) is 0 Å². The van der Waals surface area contributed by atoms with E-state index >= 15 is 0 Å². The van der Waals surface area contributed by atoms with Crippen LogP contribution in [0.3, 0.4) is 0 Å². The molecule has 16 heavy (non-hydrogen) atoms. The number of aliphatic carboxylic acids is 1. The molecule has 0 spiro atoms. The number of hydrogen-bond donors (Lipinski definition) is 2. The van der Waals surface area contributed by atoms with E-state index < -0.39 is 11.8 Å². The molecule has 0 bridgehead atoms. The van der Waals surface area contributed by atoms with Gasteiger partial charge in [-0.2, -0.15) is 0 Å². The van der Waals surface area contributed by atoms with Crippen molar-refractivity contribution < 1.29 is 14.7 Å². The summed E-state index contributed by atoms with van der Waals surface area (Å²) in [6, 6.07) is 7.43. The van der Waals surface area contributed by atoms with Crippen molar-refractivity contribution in [2.75, 3.05) is 0 Å². The minimum Gasteiger partial charge on any atom is -0.475 e. The molecule has 0 radical (unpaired) electrons. The van der Waals surface area contributed by atoms with Crippen LogP contribution in [-0.2, 0) is 16.0 Å². The van der Waals surface area contributed by atoms with E-state index in [2.05, 4.69) is 20.9 Å². The van der Waals surface area contributed by atoms with E-state index in [0.29, 0.717) is 5.69 Å². The normalized spacial score (nSPS) is 10.6. The molecule has 0 aliphatic carbocycles. The van der Waals surface area contributed by atoms with Crippen LogP contribution in [-0.4, -0.2) is 21.8 Å². The van der Waals surface area contributed by atoms with Gasteiger partial charge in [0.25, 0.3) is 0 Å². The SMILES string of the molecule is O=C(O)C(=O)Cc1cc2cc(Br)ccc2[nH]1. The first-order chi connectivity index (χ1) is 7.56. The van der Waals surface area contributed by atoms with Crippen LogP contribution in [0.1, 0.15) is 5.69 Å². The summed E-state index contributed by atoms with van der Waals surface area (Å²) in [5.74, 6) is -2.22. The molecule has 0 saturated heterocycles. The topological polar surface area (TPSA) is 70.2 Å². The minimum atomic E-state index is -1.40. The van der Waals surface area contributed by atoms with Gasteiger partial charge in [0.2, 0.25) is 5.78 Å². The number of hydrogen-bond acceptors (Lipinski definition) is 2. The number of aromatic amines is 1. The molecule has 0 fully saturated rings. The predicted molar refractivity (Wildman–Crippen MR) is 62.3 cm³/mol. The van der Waals surface area contributed by atoms with Crippen LogP contribution in [0.15, 0.2) is 28.7 Å². The molecule has 1 aromatic heterocycles. The summed E-state index contributed by atoms with van der Waals surface area (Å²) in [6.45, 7) is 0. The highest BCUT2D eigenvalue weighted by Crippen LogP contribution is 2.20. The van der Waals surface area contributed by atoms with Crippen molar-refractivity contribution in [3.63, 3.8) is 0 Å². The van der Waals surface area contributed by atoms with Gasteiger partial charge >= 0.3 is 5.97 Å². The molecule has 0 aliphatic rings. The molecule has 0 atom stereocenters. The zero-order valence-electron chi connectivity index (χ0n) is 8.16. The van der Waals surface area contributed by atoms with E-state index in [9.17, 15) is 9.59 Å². The highest BCUT2D eigenvalue weighted by molar-refractivity contribution is 9.10. The average Bonchev–Trinajstić information content (AvgIpc) is 2.58. The Hall–Kier alpha value is -1.62. The van der Waals surface area contributed by atoms with Crippen LogP contribution >= 0.6 is 15.9 Å². The Morgan fingerprint density at radius 1 is 1.31 bits per heavy atom. The quantitative estimate of drug-likeness (QED) is 0.847. The number of ketones is 1. The van der Waals surface area contributed by atoms with Crippen molar-refractivity contribution in [2.45, 2.75) is 6.42 Å². The highest BCUT2D eigenvalue weighted by Gasteiger charge is 2.13. The van der Waals surface area contributed by atoms with Crippen LogP contribution in [0.25, 0.3) is 10.9 Å². The fraction of sp³-hybridized carbons (Fsp3) is 0.0909. The fourth-order valence-corrected chi connectivity index (χ4v) is 1.89. The molecule has 2 N–H and O–H groups in total. The third-order valence-corrected chi connectivity index (χ3v) is 2.72. The Labute approximate surface area is 99.4 Å². The zero-order valence-corrected chi connectivity index (χ0v) is 9.74. The Morgan fingerprint density at radius 2 is 2.06 bits per heavy atom. The molecule has 0 amide bonds. The molecular weight excluding hydrogens is 274 g/mol. The predicted octanol–water partition coefficient (Wildman–Crippen LogP) is 2.13. The fourth-order valence-electron chi connectivity index (χ4n) is 1.51. The summed E-state index contributed by atoms with van der Waals surface area (Å²) in [5.41, 5.74) is 1.50. The van der Waals surface area contributed by atoms with Gasteiger partial charge in [0.1, 0.15) is 0 Å². The maximum atomic E-state index is 11.0. The van der Waals surface area contributed by atoms with Crippen molar-refractivity contribution >= 4 is 38.6 Å². The smallest absolute Gasteiger partial charge is 0.372 e. The second-order valence-electron chi connectivity index (χ2n) is 3.43. The van der Waals surface area contributed by atoms with E-state index in [-0.39, 0.29) is 6.42 Å². The molecule has 1 heterocycles. The van der Waals surface area contributed by atoms with Gasteiger partial charge in [-0.05, 0) is 24.3 Å². The molecule has 0 aliphatic heterocycles. The van der Waals surface area contributed by atoms with E-state index in [0.717, 1.165) is 15.4 Å². The Balaban J connectivity index is 2.33. The second-order valence-corrected chi connectivity index (χ2v) is 4.35. The molecule has 0 saturated carbocycles. The van der Waals surface area contributed by atoms with Crippen LogP contribution in [0.2, 0.25) is 0 Å². The summed E-state index contributed by atoms with van der Waals surface area (Å²) in [5, 5.41) is 9.44. The second kappa shape index (κ2) is 4.09. The van der Waals surface area contributed by atoms with Gasteiger partial charge in [-0.1, -0.05) is 15.9 Å².